The second-order valence-corrected chi connectivity index (χ2v) is 8.27. The van der Waals surface area contributed by atoms with Gasteiger partial charge in [0.1, 0.15) is 5.60 Å². The Labute approximate surface area is 174 Å². The Hall–Kier alpha value is -3.19. The molecule has 0 aliphatic heterocycles. The van der Waals surface area contributed by atoms with Gasteiger partial charge in [-0.25, -0.2) is 4.68 Å². The minimum atomic E-state index is -4.68. The molecule has 2 aliphatic carbocycles. The third kappa shape index (κ3) is 2.95. The van der Waals surface area contributed by atoms with Gasteiger partial charge in [0.15, 0.2) is 5.52 Å². The van der Waals surface area contributed by atoms with Crippen molar-refractivity contribution >= 4 is 10.9 Å². The van der Waals surface area contributed by atoms with E-state index in [0.29, 0.717) is 23.9 Å². The lowest BCUT2D eigenvalue weighted by molar-refractivity contribution is -0.137. The maximum atomic E-state index is 13.3. The van der Waals surface area contributed by atoms with Gasteiger partial charge in [0.25, 0.3) is 5.56 Å². The number of nitrogens with zero attached hydrogens (tertiary/aromatic N) is 5. The van der Waals surface area contributed by atoms with Crippen LogP contribution in [0, 0.1) is 17.2 Å². The molecular weight excluding hydrogens is 411 g/mol. The van der Waals surface area contributed by atoms with Crippen molar-refractivity contribution in [3.63, 3.8) is 0 Å². The standard InChI is InChI=1S/C21H18F3N5O2/c1-28-18(15-10-26-29(14-5-6-14)19(30)17(15)27-28)20(31,12-2-3-12)13-4-7-16(21(22,23)24)11(8-13)9-25/h4,7-8,10,12,14,31H,2-3,5-6H2,1H3. The van der Waals surface area contributed by atoms with Crippen LogP contribution in [0.2, 0.25) is 0 Å². The van der Waals surface area contributed by atoms with Crippen molar-refractivity contribution in [2.75, 3.05) is 0 Å². The van der Waals surface area contributed by atoms with Crippen molar-refractivity contribution < 1.29 is 18.3 Å². The number of aryl methyl sites for hydroxylation is 1. The van der Waals surface area contributed by atoms with E-state index in [-0.39, 0.29) is 28.6 Å². The Bertz CT molecular complexity index is 1310. The second-order valence-electron chi connectivity index (χ2n) is 8.27. The number of halogens is 3. The molecule has 1 unspecified atom stereocenters. The van der Waals surface area contributed by atoms with Crippen LogP contribution in [-0.4, -0.2) is 24.7 Å². The van der Waals surface area contributed by atoms with Crippen molar-refractivity contribution in [3.05, 3.63) is 57.1 Å². The summed E-state index contributed by atoms with van der Waals surface area (Å²) in [5.41, 5.74) is -3.07. The van der Waals surface area contributed by atoms with Gasteiger partial charge in [0, 0.05) is 7.05 Å². The molecule has 0 bridgehead atoms. The second kappa shape index (κ2) is 6.40. The fourth-order valence-electron chi connectivity index (χ4n) is 4.32. The summed E-state index contributed by atoms with van der Waals surface area (Å²) in [6, 6.07) is 4.74. The highest BCUT2D eigenvalue weighted by Gasteiger charge is 2.50. The Morgan fingerprint density at radius 1 is 1.23 bits per heavy atom. The zero-order valence-corrected chi connectivity index (χ0v) is 16.5. The van der Waals surface area contributed by atoms with Crippen molar-refractivity contribution in [3.8, 4) is 6.07 Å². The molecule has 2 fully saturated rings. The van der Waals surface area contributed by atoms with Gasteiger partial charge in [0.05, 0.1) is 40.5 Å². The maximum Gasteiger partial charge on any atom is 0.417 e. The number of hydrogen-bond acceptors (Lipinski definition) is 5. The predicted octanol–water partition coefficient (Wildman–Crippen LogP) is 3.00. The topological polar surface area (TPSA) is 96.7 Å². The van der Waals surface area contributed by atoms with Crippen LogP contribution in [0.3, 0.4) is 0 Å². The minimum absolute atomic E-state index is 0.0535. The molecular formula is C21H18F3N5O2. The van der Waals surface area contributed by atoms with Gasteiger partial charge in [-0.1, -0.05) is 6.07 Å². The third-order valence-corrected chi connectivity index (χ3v) is 6.11. The molecule has 1 N–H and O–H groups in total. The van der Waals surface area contributed by atoms with Gasteiger partial charge in [0.2, 0.25) is 0 Å². The summed E-state index contributed by atoms with van der Waals surface area (Å²) >= 11 is 0. The smallest absolute Gasteiger partial charge is 0.378 e. The average molecular weight is 429 g/mol. The molecule has 31 heavy (non-hydrogen) atoms. The van der Waals surface area contributed by atoms with E-state index in [1.165, 1.54) is 21.6 Å². The SMILES string of the molecule is Cn1nc2c(=O)n(C3CC3)ncc2c1C(O)(c1ccc(C(F)(F)F)c(C#N)c1)C1CC1. The molecule has 160 valence electrons. The van der Waals surface area contributed by atoms with Gasteiger partial charge >= 0.3 is 6.18 Å². The van der Waals surface area contributed by atoms with Crippen molar-refractivity contribution in [2.24, 2.45) is 13.0 Å². The zero-order valence-electron chi connectivity index (χ0n) is 16.5. The van der Waals surface area contributed by atoms with Gasteiger partial charge in [-0.15, -0.1) is 0 Å². The first-order chi connectivity index (χ1) is 14.7. The van der Waals surface area contributed by atoms with E-state index < -0.39 is 22.9 Å². The minimum Gasteiger partial charge on any atom is -0.378 e. The van der Waals surface area contributed by atoms with Crippen molar-refractivity contribution in [2.45, 2.75) is 43.5 Å². The fourth-order valence-corrected chi connectivity index (χ4v) is 4.32. The summed E-state index contributed by atoms with van der Waals surface area (Å²) in [6.45, 7) is 0. The van der Waals surface area contributed by atoms with Gasteiger partial charge in [-0.2, -0.15) is 28.6 Å². The predicted molar refractivity (Wildman–Crippen MR) is 103 cm³/mol. The van der Waals surface area contributed by atoms with Gasteiger partial charge < -0.3 is 5.11 Å². The molecule has 7 nitrogen and oxygen atoms in total. The first-order valence-electron chi connectivity index (χ1n) is 9.95. The van der Waals surface area contributed by atoms with Gasteiger partial charge in [-0.05, 0) is 49.3 Å². The van der Waals surface area contributed by atoms with E-state index in [1.807, 2.05) is 0 Å². The highest BCUT2D eigenvalue weighted by molar-refractivity contribution is 5.81. The number of aliphatic hydroxyl groups is 1. The normalized spacial score (nSPS) is 18.7. The molecule has 0 amide bonds. The lowest BCUT2D eigenvalue weighted by Gasteiger charge is -2.30. The van der Waals surface area contributed by atoms with E-state index in [0.717, 1.165) is 25.0 Å². The first-order valence-corrected chi connectivity index (χ1v) is 9.95. The molecule has 2 aromatic heterocycles. The van der Waals surface area contributed by atoms with Crippen LogP contribution < -0.4 is 5.56 Å². The molecule has 2 aliphatic rings. The fraction of sp³-hybridized carbons (Fsp3) is 0.429. The van der Waals surface area contributed by atoms with Crippen molar-refractivity contribution in [1.29, 1.82) is 5.26 Å². The number of nitriles is 1. The average Bonchev–Trinajstić information content (AvgIpc) is 3.63. The van der Waals surface area contributed by atoms with E-state index >= 15 is 0 Å². The Balaban J connectivity index is 1.73. The largest absolute Gasteiger partial charge is 0.417 e. The molecule has 2 heterocycles. The third-order valence-electron chi connectivity index (χ3n) is 6.11. The number of alkyl halides is 3. The van der Waals surface area contributed by atoms with Crippen LogP contribution in [0.1, 0.15) is 54.1 Å². The van der Waals surface area contributed by atoms with E-state index in [2.05, 4.69) is 10.2 Å². The van der Waals surface area contributed by atoms with Crippen LogP contribution in [0.5, 0.6) is 0 Å². The van der Waals surface area contributed by atoms with Crippen LogP contribution in [-0.2, 0) is 18.8 Å². The summed E-state index contributed by atoms with van der Waals surface area (Å²) in [5, 5.41) is 30.1. The molecule has 2 saturated carbocycles. The molecule has 5 rings (SSSR count). The van der Waals surface area contributed by atoms with E-state index in [9.17, 15) is 28.3 Å². The van der Waals surface area contributed by atoms with Crippen LogP contribution >= 0.6 is 0 Å². The number of hydrogen-bond donors (Lipinski definition) is 1. The summed E-state index contributed by atoms with van der Waals surface area (Å²) in [4.78, 5) is 12.9. The highest BCUT2D eigenvalue weighted by atomic mass is 19.4. The lowest BCUT2D eigenvalue weighted by atomic mass is 9.83. The molecule has 3 aromatic rings. The molecule has 0 saturated heterocycles. The molecule has 1 aromatic carbocycles. The quantitative estimate of drug-likeness (QED) is 0.688. The van der Waals surface area contributed by atoms with Gasteiger partial charge in [-0.3, -0.25) is 9.48 Å². The Morgan fingerprint density at radius 3 is 2.52 bits per heavy atom. The van der Waals surface area contributed by atoms with E-state index in [4.69, 9.17) is 0 Å². The summed E-state index contributed by atoms with van der Waals surface area (Å²) in [7, 11) is 1.58. The monoisotopic (exact) mass is 429 g/mol. The van der Waals surface area contributed by atoms with Crippen LogP contribution in [0.25, 0.3) is 10.9 Å². The van der Waals surface area contributed by atoms with E-state index in [1.54, 1.807) is 13.1 Å². The molecule has 0 radical (unpaired) electrons. The van der Waals surface area contributed by atoms with Crippen LogP contribution in [0.15, 0.2) is 29.2 Å². The van der Waals surface area contributed by atoms with Crippen LogP contribution in [0.4, 0.5) is 13.2 Å². The first kappa shape index (κ1) is 19.8. The number of aromatic nitrogens is 4. The molecule has 1 atom stereocenters. The molecule has 0 spiro atoms. The summed E-state index contributed by atoms with van der Waals surface area (Å²) < 4.78 is 42.6. The Kier molecular flexibility index (Phi) is 4.08. The maximum absolute atomic E-state index is 13.3. The Morgan fingerprint density at radius 2 is 1.94 bits per heavy atom. The number of rotatable bonds is 4. The number of benzene rings is 1. The van der Waals surface area contributed by atoms with Crippen molar-refractivity contribution in [1.82, 2.24) is 19.6 Å². The number of fused-ring (bicyclic) bond motifs is 1. The lowest BCUT2D eigenvalue weighted by Crippen LogP contribution is -2.33. The summed E-state index contributed by atoms with van der Waals surface area (Å²) in [5.74, 6) is -0.278. The summed E-state index contributed by atoms with van der Waals surface area (Å²) in [6.07, 6.45) is -0.158. The molecule has 10 heteroatoms. The highest BCUT2D eigenvalue weighted by Crippen LogP contribution is 2.51. The zero-order chi connectivity index (χ0) is 22.1.